The Kier molecular flexibility index (Phi) is 5.24. The summed E-state index contributed by atoms with van der Waals surface area (Å²) in [4.78, 5) is 17.1. The van der Waals surface area contributed by atoms with Gasteiger partial charge in [0.2, 0.25) is 5.91 Å². The second-order valence-corrected chi connectivity index (χ2v) is 6.23. The van der Waals surface area contributed by atoms with Crippen molar-refractivity contribution in [3.05, 3.63) is 45.7 Å². The number of rotatable bonds is 5. The van der Waals surface area contributed by atoms with Crippen LogP contribution < -0.4 is 5.32 Å². The molecule has 2 aromatic rings. The molecule has 100 valence electrons. The van der Waals surface area contributed by atoms with Gasteiger partial charge in [0.25, 0.3) is 0 Å². The van der Waals surface area contributed by atoms with Crippen LogP contribution in [0, 0.1) is 0 Å². The molecule has 0 aliphatic rings. The van der Waals surface area contributed by atoms with Crippen molar-refractivity contribution in [1.82, 2.24) is 10.3 Å². The van der Waals surface area contributed by atoms with Crippen LogP contribution >= 0.6 is 34.7 Å². The Morgan fingerprint density at radius 1 is 1.53 bits per heavy atom. The Balaban J connectivity index is 1.84. The third kappa shape index (κ3) is 4.23. The molecule has 1 N–H and O–H groups in total. The number of nitrogens with zero attached hydrogens (tertiary/aromatic N) is 1. The smallest absolute Gasteiger partial charge is 0.230 e. The van der Waals surface area contributed by atoms with E-state index in [-0.39, 0.29) is 11.9 Å². The largest absolute Gasteiger partial charge is 0.348 e. The maximum absolute atomic E-state index is 11.8. The molecule has 3 nitrogen and oxygen atoms in total. The second-order valence-electron chi connectivity index (χ2n) is 3.88. The van der Waals surface area contributed by atoms with Crippen LogP contribution in [0.5, 0.6) is 0 Å². The van der Waals surface area contributed by atoms with Crippen molar-refractivity contribution in [3.8, 4) is 0 Å². The quantitative estimate of drug-likeness (QED) is 0.855. The first-order valence-electron chi connectivity index (χ1n) is 5.73. The third-order valence-electron chi connectivity index (χ3n) is 2.41. The van der Waals surface area contributed by atoms with Gasteiger partial charge in [-0.1, -0.05) is 29.4 Å². The molecule has 2 aromatic heterocycles. The number of amides is 1. The molecule has 0 aromatic carbocycles. The monoisotopic (exact) mass is 312 g/mol. The minimum absolute atomic E-state index is 0.0207. The summed E-state index contributed by atoms with van der Waals surface area (Å²) in [6, 6.07) is 7.56. The molecule has 0 aliphatic heterocycles. The number of hydrogen-bond acceptors (Lipinski definition) is 4. The third-order valence-corrected chi connectivity index (χ3v) is 4.89. The minimum Gasteiger partial charge on any atom is -0.348 e. The summed E-state index contributed by atoms with van der Waals surface area (Å²) in [6.45, 7) is 1.97. The molecule has 2 heterocycles. The van der Waals surface area contributed by atoms with Gasteiger partial charge in [0.1, 0.15) is 5.03 Å². The van der Waals surface area contributed by atoms with Gasteiger partial charge in [-0.2, -0.15) is 0 Å². The fourth-order valence-electron chi connectivity index (χ4n) is 1.50. The molecule has 0 unspecified atom stereocenters. The second kappa shape index (κ2) is 6.93. The van der Waals surface area contributed by atoms with Crippen molar-refractivity contribution in [1.29, 1.82) is 0 Å². The Morgan fingerprint density at radius 2 is 2.37 bits per heavy atom. The van der Waals surface area contributed by atoms with E-state index in [1.165, 1.54) is 11.8 Å². The lowest BCUT2D eigenvalue weighted by atomic mass is 10.3. The summed E-state index contributed by atoms with van der Waals surface area (Å²) in [5.41, 5.74) is 0. The SMILES string of the molecule is C[C@@H](NC(=O)CSc1ncccc1Cl)c1cccs1. The van der Waals surface area contributed by atoms with Crippen LogP contribution in [0.4, 0.5) is 0 Å². The van der Waals surface area contributed by atoms with Crippen LogP contribution in [0.1, 0.15) is 17.8 Å². The fraction of sp³-hybridized carbons (Fsp3) is 0.231. The van der Waals surface area contributed by atoms with Gasteiger partial charge in [0, 0.05) is 11.1 Å². The van der Waals surface area contributed by atoms with Crippen LogP contribution in [-0.4, -0.2) is 16.6 Å². The van der Waals surface area contributed by atoms with E-state index in [1.807, 2.05) is 24.4 Å². The van der Waals surface area contributed by atoms with Gasteiger partial charge in [0.15, 0.2) is 0 Å². The number of carbonyl (C=O) groups excluding carboxylic acids is 1. The highest BCUT2D eigenvalue weighted by atomic mass is 35.5. The van der Waals surface area contributed by atoms with E-state index in [0.29, 0.717) is 15.8 Å². The summed E-state index contributed by atoms with van der Waals surface area (Å²) >= 11 is 8.96. The van der Waals surface area contributed by atoms with Crippen molar-refractivity contribution in [2.24, 2.45) is 0 Å². The molecule has 0 fully saturated rings. The fourth-order valence-corrected chi connectivity index (χ4v) is 3.22. The molecule has 19 heavy (non-hydrogen) atoms. The molecule has 6 heteroatoms. The zero-order valence-electron chi connectivity index (χ0n) is 10.3. The Bertz CT molecular complexity index is 545. The molecular formula is C13H13ClN2OS2. The molecule has 0 saturated heterocycles. The van der Waals surface area contributed by atoms with Gasteiger partial charge in [-0.15, -0.1) is 11.3 Å². The van der Waals surface area contributed by atoms with Crippen LogP contribution in [0.15, 0.2) is 40.9 Å². The number of thioether (sulfide) groups is 1. The van der Waals surface area contributed by atoms with Crippen LogP contribution in [0.3, 0.4) is 0 Å². The summed E-state index contributed by atoms with van der Waals surface area (Å²) in [6.07, 6.45) is 1.67. The molecule has 0 saturated carbocycles. The molecule has 0 spiro atoms. The highest BCUT2D eigenvalue weighted by Gasteiger charge is 2.11. The Hall–Kier alpha value is -1.04. The number of hydrogen-bond donors (Lipinski definition) is 1. The van der Waals surface area contributed by atoms with Crippen molar-refractivity contribution in [2.45, 2.75) is 18.0 Å². The zero-order chi connectivity index (χ0) is 13.7. The average molecular weight is 313 g/mol. The molecule has 0 radical (unpaired) electrons. The van der Waals surface area contributed by atoms with E-state index in [2.05, 4.69) is 10.3 Å². The number of pyridine rings is 1. The van der Waals surface area contributed by atoms with E-state index in [9.17, 15) is 4.79 Å². The van der Waals surface area contributed by atoms with Gasteiger partial charge in [-0.3, -0.25) is 4.79 Å². The first kappa shape index (κ1) is 14.4. The highest BCUT2D eigenvalue weighted by molar-refractivity contribution is 8.00. The predicted octanol–water partition coefficient (Wildman–Crippen LogP) is 3.77. The van der Waals surface area contributed by atoms with Crippen LogP contribution in [-0.2, 0) is 4.79 Å². The molecular weight excluding hydrogens is 300 g/mol. The first-order chi connectivity index (χ1) is 9.16. The molecule has 1 atom stereocenters. The number of halogens is 1. The minimum atomic E-state index is -0.0207. The molecule has 0 bridgehead atoms. The predicted molar refractivity (Wildman–Crippen MR) is 80.8 cm³/mol. The van der Waals surface area contributed by atoms with Crippen LogP contribution in [0.25, 0.3) is 0 Å². The maximum Gasteiger partial charge on any atom is 0.230 e. The standard InChI is InChI=1S/C13H13ClN2OS2/c1-9(11-5-3-7-18-11)16-12(17)8-19-13-10(14)4-2-6-15-13/h2-7,9H,8H2,1H3,(H,16,17)/t9-/m1/s1. The van der Waals surface area contributed by atoms with E-state index >= 15 is 0 Å². The maximum atomic E-state index is 11.8. The average Bonchev–Trinajstić information content (AvgIpc) is 2.91. The first-order valence-corrected chi connectivity index (χ1v) is 7.97. The normalized spacial score (nSPS) is 12.1. The van der Waals surface area contributed by atoms with Gasteiger partial charge in [0.05, 0.1) is 16.8 Å². The summed E-state index contributed by atoms with van der Waals surface area (Å²) in [5, 5.41) is 6.21. The highest BCUT2D eigenvalue weighted by Crippen LogP contribution is 2.24. The van der Waals surface area contributed by atoms with Gasteiger partial charge < -0.3 is 5.32 Å². The van der Waals surface area contributed by atoms with Gasteiger partial charge in [-0.05, 0) is 30.5 Å². The number of aromatic nitrogens is 1. The van der Waals surface area contributed by atoms with Crippen molar-refractivity contribution in [2.75, 3.05) is 5.75 Å². The Morgan fingerprint density at radius 3 is 3.05 bits per heavy atom. The molecule has 2 rings (SSSR count). The van der Waals surface area contributed by atoms with Crippen molar-refractivity contribution in [3.63, 3.8) is 0 Å². The van der Waals surface area contributed by atoms with Crippen molar-refractivity contribution < 1.29 is 4.79 Å². The van der Waals surface area contributed by atoms with Gasteiger partial charge in [-0.25, -0.2) is 4.98 Å². The number of carbonyl (C=O) groups is 1. The lowest BCUT2D eigenvalue weighted by Crippen LogP contribution is -2.27. The van der Waals surface area contributed by atoms with Crippen molar-refractivity contribution >= 4 is 40.6 Å². The van der Waals surface area contributed by atoms with E-state index < -0.39 is 0 Å². The zero-order valence-corrected chi connectivity index (χ0v) is 12.7. The molecule has 1 amide bonds. The summed E-state index contributed by atoms with van der Waals surface area (Å²) < 4.78 is 0. The lowest BCUT2D eigenvalue weighted by molar-refractivity contribution is -0.119. The topological polar surface area (TPSA) is 42.0 Å². The van der Waals surface area contributed by atoms with E-state index in [4.69, 9.17) is 11.6 Å². The summed E-state index contributed by atoms with van der Waals surface area (Å²) in [7, 11) is 0. The van der Waals surface area contributed by atoms with Crippen LogP contribution in [0.2, 0.25) is 5.02 Å². The number of thiophene rings is 1. The van der Waals surface area contributed by atoms with E-state index in [1.54, 1.807) is 29.7 Å². The van der Waals surface area contributed by atoms with Gasteiger partial charge >= 0.3 is 0 Å². The van der Waals surface area contributed by atoms with E-state index in [0.717, 1.165) is 4.88 Å². The lowest BCUT2D eigenvalue weighted by Gasteiger charge is -2.11. The number of nitrogens with one attached hydrogen (secondary N) is 1. The Labute approximate surface area is 125 Å². The summed E-state index contributed by atoms with van der Waals surface area (Å²) in [5.74, 6) is 0.291. The molecule has 0 aliphatic carbocycles.